The molecule has 1 saturated carbocycles. The topological polar surface area (TPSA) is 94.1 Å². The minimum Gasteiger partial charge on any atom is -0.459 e. The number of esters is 1. The molecule has 7 heteroatoms. The van der Waals surface area contributed by atoms with Crippen molar-refractivity contribution in [3.05, 3.63) is 12.2 Å². The van der Waals surface area contributed by atoms with E-state index in [-0.39, 0.29) is 30.1 Å². The van der Waals surface area contributed by atoms with Crippen LogP contribution in [0.25, 0.3) is 0 Å². The smallest absolute Gasteiger partial charge is 0.407 e. The van der Waals surface area contributed by atoms with Gasteiger partial charge in [-0.3, -0.25) is 0 Å². The van der Waals surface area contributed by atoms with Crippen molar-refractivity contribution in [1.29, 1.82) is 0 Å². The zero-order valence-corrected chi connectivity index (χ0v) is 15.5. The molecule has 1 N–H and O–H groups in total. The van der Waals surface area contributed by atoms with Gasteiger partial charge in [0.2, 0.25) is 6.08 Å². The molecule has 1 fully saturated rings. The number of nitrogens with zero attached hydrogens (tertiary/aromatic N) is 1. The highest BCUT2D eigenvalue weighted by atomic mass is 16.6. The summed E-state index contributed by atoms with van der Waals surface area (Å²) in [5.41, 5.74) is -0.148. The summed E-state index contributed by atoms with van der Waals surface area (Å²) in [4.78, 5) is 37.2. The molecule has 0 radical (unpaired) electrons. The second-order valence-corrected chi connectivity index (χ2v) is 7.61. The van der Waals surface area contributed by atoms with Crippen LogP contribution >= 0.6 is 0 Å². The fourth-order valence-corrected chi connectivity index (χ4v) is 3.75. The first-order valence-electron chi connectivity index (χ1n) is 8.46. The Morgan fingerprint density at radius 2 is 1.92 bits per heavy atom. The number of allylic oxidation sites excluding steroid dienone is 1. The largest absolute Gasteiger partial charge is 0.459 e. The lowest BCUT2D eigenvalue weighted by molar-refractivity contribution is -0.138. The number of isocyanates is 1. The third-order valence-corrected chi connectivity index (χ3v) is 4.15. The Balaban J connectivity index is 2.47. The average molecular weight is 352 g/mol. The van der Waals surface area contributed by atoms with Crippen LogP contribution in [0, 0.1) is 10.8 Å². The molecule has 0 aliphatic heterocycles. The van der Waals surface area contributed by atoms with E-state index in [1.165, 1.54) is 6.08 Å². The number of ether oxygens (including phenoxy) is 2. The van der Waals surface area contributed by atoms with E-state index in [2.05, 4.69) is 31.1 Å². The third kappa shape index (κ3) is 7.98. The number of alkyl carbamates (subject to hydrolysis) is 1. The van der Waals surface area contributed by atoms with E-state index in [0.29, 0.717) is 13.0 Å². The van der Waals surface area contributed by atoms with Crippen molar-refractivity contribution in [1.82, 2.24) is 5.32 Å². The molecule has 140 valence electrons. The highest BCUT2D eigenvalue weighted by Gasteiger charge is 2.41. The molecule has 25 heavy (non-hydrogen) atoms. The minimum atomic E-state index is -0.536. The first kappa shape index (κ1) is 20.9. The van der Waals surface area contributed by atoms with Gasteiger partial charge in [-0.05, 0) is 37.0 Å². The fourth-order valence-electron chi connectivity index (χ4n) is 3.75. The highest BCUT2D eigenvalue weighted by molar-refractivity contribution is 5.81. The Morgan fingerprint density at radius 1 is 1.24 bits per heavy atom. The molecular weight excluding hydrogens is 324 g/mol. The molecule has 0 bridgehead atoms. The van der Waals surface area contributed by atoms with Crippen molar-refractivity contribution in [2.24, 2.45) is 15.8 Å². The van der Waals surface area contributed by atoms with Gasteiger partial charge in [0.05, 0.1) is 6.54 Å². The molecule has 0 heterocycles. The lowest BCUT2D eigenvalue weighted by Crippen LogP contribution is -2.48. The van der Waals surface area contributed by atoms with Crippen LogP contribution in [0.1, 0.15) is 47.0 Å². The van der Waals surface area contributed by atoms with Crippen molar-refractivity contribution in [3.8, 4) is 0 Å². The average Bonchev–Trinajstić information content (AvgIpc) is 2.48. The van der Waals surface area contributed by atoms with Crippen molar-refractivity contribution in [2.45, 2.75) is 53.0 Å². The molecule has 1 aliphatic rings. The maximum absolute atomic E-state index is 11.9. The molecule has 0 aromatic heterocycles. The first-order valence-corrected chi connectivity index (χ1v) is 8.46. The summed E-state index contributed by atoms with van der Waals surface area (Å²) < 4.78 is 9.91. The Hall–Kier alpha value is -2.14. The van der Waals surface area contributed by atoms with Gasteiger partial charge in [-0.15, -0.1) is 0 Å². The predicted molar refractivity (Wildman–Crippen MR) is 92.8 cm³/mol. The van der Waals surface area contributed by atoms with Gasteiger partial charge in [-0.1, -0.05) is 26.8 Å². The van der Waals surface area contributed by atoms with Crippen molar-refractivity contribution < 1.29 is 23.9 Å². The van der Waals surface area contributed by atoms with Crippen LogP contribution in [-0.2, 0) is 19.1 Å². The predicted octanol–water partition coefficient (Wildman–Crippen LogP) is 2.75. The van der Waals surface area contributed by atoms with Gasteiger partial charge in [0.15, 0.2) is 0 Å². The van der Waals surface area contributed by atoms with E-state index < -0.39 is 12.1 Å². The molecule has 0 aromatic rings. The molecule has 2 atom stereocenters. The quantitative estimate of drug-likeness (QED) is 0.250. The Labute approximate surface area is 148 Å². The molecule has 1 rings (SSSR count). The maximum Gasteiger partial charge on any atom is 0.407 e. The van der Waals surface area contributed by atoms with E-state index in [1.807, 2.05) is 0 Å². The second kappa shape index (κ2) is 9.37. The molecule has 0 saturated heterocycles. The third-order valence-electron chi connectivity index (χ3n) is 4.15. The molecular formula is C18H28N2O5. The summed E-state index contributed by atoms with van der Waals surface area (Å²) in [6.07, 6.45) is 6.38. The molecule has 2 unspecified atom stereocenters. The number of carbonyl (C=O) groups excluding carboxylic acids is 3. The maximum atomic E-state index is 11.9. The molecule has 0 aromatic carbocycles. The van der Waals surface area contributed by atoms with Crippen molar-refractivity contribution in [2.75, 3.05) is 19.8 Å². The van der Waals surface area contributed by atoms with E-state index in [0.717, 1.165) is 12.8 Å². The van der Waals surface area contributed by atoms with Gasteiger partial charge in [0, 0.05) is 12.1 Å². The highest BCUT2D eigenvalue weighted by Crippen LogP contribution is 2.46. The Kier molecular flexibility index (Phi) is 7.84. The van der Waals surface area contributed by atoms with E-state index in [4.69, 9.17) is 9.47 Å². The van der Waals surface area contributed by atoms with Crippen LogP contribution < -0.4 is 5.32 Å². The van der Waals surface area contributed by atoms with Crippen molar-refractivity contribution >= 4 is 18.1 Å². The molecule has 7 nitrogen and oxygen atoms in total. The summed E-state index contributed by atoms with van der Waals surface area (Å²) in [5, 5.41) is 2.86. The number of amides is 1. The van der Waals surface area contributed by atoms with Crippen LogP contribution in [0.15, 0.2) is 17.1 Å². The Morgan fingerprint density at radius 3 is 2.56 bits per heavy atom. The zero-order valence-electron chi connectivity index (χ0n) is 15.5. The summed E-state index contributed by atoms with van der Waals surface area (Å²) in [5.74, 6) is -0.466. The number of rotatable bonds is 7. The van der Waals surface area contributed by atoms with E-state index >= 15 is 0 Å². The lowest BCUT2D eigenvalue weighted by atomic mass is 9.62. The number of nitrogens with one attached hydrogen (secondary N) is 1. The Bertz CT molecular complexity index is 552. The van der Waals surface area contributed by atoms with Crippen LogP contribution in [0.5, 0.6) is 0 Å². The van der Waals surface area contributed by atoms with Crippen LogP contribution in [0.4, 0.5) is 4.79 Å². The van der Waals surface area contributed by atoms with Crippen LogP contribution in [0.2, 0.25) is 0 Å². The van der Waals surface area contributed by atoms with E-state index in [9.17, 15) is 14.4 Å². The summed E-state index contributed by atoms with van der Waals surface area (Å²) in [6.45, 7) is 8.45. The molecule has 1 amide bonds. The summed E-state index contributed by atoms with van der Waals surface area (Å²) >= 11 is 0. The van der Waals surface area contributed by atoms with E-state index in [1.54, 1.807) is 19.1 Å². The number of hydrogen-bond donors (Lipinski definition) is 1. The molecule has 1 aliphatic carbocycles. The number of hydrogen-bond acceptors (Lipinski definition) is 6. The minimum absolute atomic E-state index is 0.00204. The monoisotopic (exact) mass is 352 g/mol. The normalized spacial score (nSPS) is 25.0. The number of aliphatic imine (C=N–C) groups is 1. The number of carbonyl (C=O) groups is 2. The SMILES string of the molecule is CC=CC(=O)OCCOC(=O)NC1CC(C)(C)CC(C)(CN=C=O)C1. The fraction of sp³-hybridized carbons (Fsp3) is 0.722. The van der Waals surface area contributed by atoms with Crippen LogP contribution in [-0.4, -0.2) is 43.9 Å². The second-order valence-electron chi connectivity index (χ2n) is 7.61. The van der Waals surface area contributed by atoms with Gasteiger partial charge in [0.25, 0.3) is 0 Å². The lowest BCUT2D eigenvalue weighted by Gasteiger charge is -2.45. The standard InChI is InChI=1S/C18H28N2O5/c1-5-6-15(22)24-7-8-25-16(23)20-14-9-17(2,3)11-18(4,10-14)12-19-13-21/h5-6,14H,7-12H2,1-4H3,(H,20,23). The van der Waals surface area contributed by atoms with Gasteiger partial charge < -0.3 is 14.8 Å². The van der Waals surface area contributed by atoms with Gasteiger partial charge in [-0.25, -0.2) is 19.4 Å². The zero-order chi connectivity index (χ0) is 18.9. The van der Waals surface area contributed by atoms with Gasteiger partial charge >= 0.3 is 12.1 Å². The molecule has 0 spiro atoms. The van der Waals surface area contributed by atoms with Gasteiger partial charge in [0.1, 0.15) is 13.2 Å². The van der Waals surface area contributed by atoms with Gasteiger partial charge in [-0.2, -0.15) is 0 Å². The first-order chi connectivity index (χ1) is 11.7. The van der Waals surface area contributed by atoms with Crippen LogP contribution in [0.3, 0.4) is 0 Å². The summed E-state index contributed by atoms with van der Waals surface area (Å²) in [6, 6.07) is -0.0614. The van der Waals surface area contributed by atoms with Crippen molar-refractivity contribution in [3.63, 3.8) is 0 Å². The summed E-state index contributed by atoms with van der Waals surface area (Å²) in [7, 11) is 0.